The fourth-order valence-corrected chi connectivity index (χ4v) is 4.12. The topological polar surface area (TPSA) is 72.5 Å². The molecule has 3 aromatic rings. The van der Waals surface area contributed by atoms with E-state index in [0.29, 0.717) is 51.5 Å². The van der Waals surface area contributed by atoms with Crippen molar-refractivity contribution < 1.29 is 33.2 Å². The van der Waals surface area contributed by atoms with Gasteiger partial charge in [-0.25, -0.2) is 0 Å². The Morgan fingerprint density at radius 1 is 0.711 bits per heavy atom. The summed E-state index contributed by atoms with van der Waals surface area (Å²) in [4.78, 5) is 12.7. The van der Waals surface area contributed by atoms with E-state index in [0.717, 1.165) is 16.7 Å². The van der Waals surface area contributed by atoms with Gasteiger partial charge in [-0.05, 0) is 71.7 Å². The van der Waals surface area contributed by atoms with E-state index in [4.69, 9.17) is 40.0 Å². The Hall–Kier alpha value is -4.10. The Balaban J connectivity index is 1.92. The molecule has 0 bridgehead atoms. The van der Waals surface area contributed by atoms with E-state index in [9.17, 15) is 4.79 Å². The highest BCUT2D eigenvalue weighted by Crippen LogP contribution is 2.39. The molecule has 0 aliphatic rings. The smallest absolute Gasteiger partial charge is 0.203 e. The molecule has 0 fully saturated rings. The fraction of sp³-hybridized carbons (Fsp3) is 0.233. The molecule has 3 aromatic carbocycles. The average Bonchev–Trinajstić information content (AvgIpc) is 2.95. The van der Waals surface area contributed by atoms with Gasteiger partial charge >= 0.3 is 0 Å². The van der Waals surface area contributed by atoms with Crippen LogP contribution in [0.5, 0.6) is 34.5 Å². The Labute approximate surface area is 228 Å². The van der Waals surface area contributed by atoms with Crippen molar-refractivity contribution in [2.24, 2.45) is 0 Å². The Bertz CT molecular complexity index is 1320. The summed E-state index contributed by atoms with van der Waals surface area (Å²) in [6, 6.07) is 12.4. The first kappa shape index (κ1) is 28.5. The molecule has 0 saturated heterocycles. The number of ketones is 1. The van der Waals surface area contributed by atoms with Crippen molar-refractivity contribution in [3.63, 3.8) is 0 Å². The normalized spacial score (nSPS) is 11.0. The average molecular weight is 539 g/mol. The molecule has 0 heterocycles. The number of carbonyl (C=O) groups is 1. The summed E-state index contributed by atoms with van der Waals surface area (Å²) in [7, 11) is 9.41. The highest BCUT2D eigenvalue weighted by Gasteiger charge is 2.13. The molecule has 8 heteroatoms. The zero-order valence-electron chi connectivity index (χ0n) is 22.3. The lowest BCUT2D eigenvalue weighted by molar-refractivity contribution is 0.104. The first-order valence-electron chi connectivity index (χ1n) is 11.7. The van der Waals surface area contributed by atoms with Crippen LogP contribution in [0.15, 0.2) is 54.6 Å². The van der Waals surface area contributed by atoms with Crippen molar-refractivity contribution in [1.29, 1.82) is 0 Å². The fourth-order valence-electron chi connectivity index (χ4n) is 3.86. The van der Waals surface area contributed by atoms with Gasteiger partial charge in [0, 0.05) is 5.56 Å². The molecule has 0 unspecified atom stereocenters. The number of methoxy groups -OCH3 is 6. The monoisotopic (exact) mass is 538 g/mol. The van der Waals surface area contributed by atoms with Gasteiger partial charge in [0.25, 0.3) is 0 Å². The third kappa shape index (κ3) is 6.61. The summed E-state index contributed by atoms with van der Waals surface area (Å²) in [5.74, 6) is 3.17. The van der Waals surface area contributed by atoms with Gasteiger partial charge in [-0.15, -0.1) is 0 Å². The lowest BCUT2D eigenvalue weighted by Gasteiger charge is -2.14. The second-order valence-corrected chi connectivity index (χ2v) is 8.43. The standard InChI is InChI=1S/C30H31ClO7/c1-33-25-13-12-22(16-23(25)31)24(32)9-7-8-20-17-26(34-2)27(35-3)18-21(20)11-10-19-14-28(36-4)30(38-6)29(15-19)37-5/h7,9-18H,8H2,1-6H3/b9-7-,11-10-. The lowest BCUT2D eigenvalue weighted by atomic mass is 10.0. The van der Waals surface area contributed by atoms with Crippen molar-refractivity contribution in [3.8, 4) is 34.5 Å². The van der Waals surface area contributed by atoms with Gasteiger partial charge < -0.3 is 28.4 Å². The molecule has 38 heavy (non-hydrogen) atoms. The molecule has 0 saturated carbocycles. The number of halogens is 1. The first-order valence-corrected chi connectivity index (χ1v) is 12.0. The molecule has 7 nitrogen and oxygen atoms in total. The number of hydrogen-bond acceptors (Lipinski definition) is 7. The SMILES string of the molecule is COc1ccc(C(=O)/C=C\Cc2cc(OC)c(OC)cc2/C=C\c2cc(OC)c(OC)c(OC)c2)cc1Cl. The minimum absolute atomic E-state index is 0.162. The van der Waals surface area contributed by atoms with Crippen molar-refractivity contribution >= 4 is 29.5 Å². The number of rotatable bonds is 12. The van der Waals surface area contributed by atoms with Crippen LogP contribution in [0.2, 0.25) is 5.02 Å². The predicted octanol–water partition coefficient (Wildman–Crippen LogP) is 6.54. The van der Waals surface area contributed by atoms with Gasteiger partial charge in [-0.3, -0.25) is 4.79 Å². The van der Waals surface area contributed by atoms with Crippen LogP contribution in [0.4, 0.5) is 0 Å². The van der Waals surface area contributed by atoms with Crippen molar-refractivity contribution in [2.45, 2.75) is 6.42 Å². The number of carbonyl (C=O) groups excluding carboxylic acids is 1. The van der Waals surface area contributed by atoms with E-state index in [-0.39, 0.29) is 5.78 Å². The third-order valence-electron chi connectivity index (χ3n) is 5.83. The van der Waals surface area contributed by atoms with Gasteiger partial charge in [-0.2, -0.15) is 0 Å². The summed E-state index contributed by atoms with van der Waals surface area (Å²) < 4.78 is 32.5. The van der Waals surface area contributed by atoms with E-state index >= 15 is 0 Å². The number of allylic oxidation sites excluding steroid dienone is 2. The summed E-state index contributed by atoms with van der Waals surface area (Å²) >= 11 is 6.17. The molecule has 0 atom stereocenters. The highest BCUT2D eigenvalue weighted by atomic mass is 35.5. The molecule has 3 rings (SSSR count). The van der Waals surface area contributed by atoms with Crippen LogP contribution < -0.4 is 28.4 Å². The highest BCUT2D eigenvalue weighted by molar-refractivity contribution is 6.32. The Morgan fingerprint density at radius 2 is 1.32 bits per heavy atom. The van der Waals surface area contributed by atoms with Gasteiger partial charge in [0.05, 0.1) is 47.7 Å². The zero-order valence-corrected chi connectivity index (χ0v) is 23.0. The molecule has 0 radical (unpaired) electrons. The van der Waals surface area contributed by atoms with E-state index < -0.39 is 0 Å². The van der Waals surface area contributed by atoms with Crippen LogP contribution in [0.1, 0.15) is 27.0 Å². The Kier molecular flexibility index (Phi) is 10.1. The van der Waals surface area contributed by atoms with Crippen molar-refractivity contribution in [3.05, 3.63) is 81.9 Å². The maximum Gasteiger partial charge on any atom is 0.203 e. The molecule has 0 aromatic heterocycles. The molecule has 0 amide bonds. The summed E-state index contributed by atoms with van der Waals surface area (Å²) in [6.45, 7) is 0. The van der Waals surface area contributed by atoms with E-state index in [1.165, 1.54) is 13.2 Å². The summed E-state index contributed by atoms with van der Waals surface area (Å²) in [5.41, 5.74) is 3.15. The molecule has 0 aliphatic carbocycles. The van der Waals surface area contributed by atoms with Gasteiger partial charge in [0.15, 0.2) is 28.8 Å². The molecular weight excluding hydrogens is 508 g/mol. The van der Waals surface area contributed by atoms with Crippen LogP contribution in [-0.2, 0) is 6.42 Å². The summed E-state index contributed by atoms with van der Waals surface area (Å²) in [6.07, 6.45) is 7.70. The van der Waals surface area contributed by atoms with Gasteiger partial charge in [-0.1, -0.05) is 29.8 Å². The second-order valence-electron chi connectivity index (χ2n) is 8.02. The molecule has 200 valence electrons. The van der Waals surface area contributed by atoms with Crippen LogP contribution >= 0.6 is 11.6 Å². The van der Waals surface area contributed by atoms with Crippen LogP contribution in [0.3, 0.4) is 0 Å². The second kappa shape index (κ2) is 13.4. The molecule has 0 spiro atoms. The molecular formula is C30H31ClO7. The van der Waals surface area contributed by atoms with E-state index in [1.54, 1.807) is 59.8 Å². The van der Waals surface area contributed by atoms with Crippen molar-refractivity contribution in [2.75, 3.05) is 42.7 Å². The molecule has 0 N–H and O–H groups in total. The predicted molar refractivity (Wildman–Crippen MR) is 150 cm³/mol. The van der Waals surface area contributed by atoms with Crippen LogP contribution in [0.25, 0.3) is 12.2 Å². The maximum absolute atomic E-state index is 12.7. The van der Waals surface area contributed by atoms with Crippen LogP contribution in [-0.4, -0.2) is 48.4 Å². The largest absolute Gasteiger partial charge is 0.495 e. The Morgan fingerprint density at radius 3 is 1.87 bits per heavy atom. The van der Waals surface area contributed by atoms with E-state index in [1.807, 2.05) is 36.4 Å². The van der Waals surface area contributed by atoms with Crippen molar-refractivity contribution in [1.82, 2.24) is 0 Å². The number of hydrogen-bond donors (Lipinski definition) is 0. The quantitative estimate of drug-likeness (QED) is 0.147. The number of benzene rings is 3. The molecule has 0 aliphatic heterocycles. The minimum Gasteiger partial charge on any atom is -0.495 e. The van der Waals surface area contributed by atoms with Crippen LogP contribution in [0, 0.1) is 0 Å². The minimum atomic E-state index is -0.162. The van der Waals surface area contributed by atoms with Gasteiger partial charge in [0.2, 0.25) is 5.75 Å². The summed E-state index contributed by atoms with van der Waals surface area (Å²) in [5, 5.41) is 0.380. The lowest BCUT2D eigenvalue weighted by Crippen LogP contribution is -1.97. The first-order chi connectivity index (χ1) is 18.4. The number of ether oxygens (including phenoxy) is 6. The van der Waals surface area contributed by atoms with E-state index in [2.05, 4.69) is 0 Å². The zero-order chi connectivity index (χ0) is 27.7. The maximum atomic E-state index is 12.7. The third-order valence-corrected chi connectivity index (χ3v) is 6.13. The van der Waals surface area contributed by atoms with Gasteiger partial charge in [0.1, 0.15) is 5.75 Å².